The zero-order valence-electron chi connectivity index (χ0n) is 11.7. The molecule has 0 unspecified atom stereocenters. The third-order valence-corrected chi connectivity index (χ3v) is 2.73. The first-order chi connectivity index (χ1) is 9.83. The Morgan fingerprint density at radius 3 is 1.25 bits per heavy atom. The molecule has 0 fully saturated rings. The maximum Gasteiger partial charge on any atom is 0.188 e. The van der Waals surface area contributed by atoms with Gasteiger partial charge in [0.15, 0.2) is 13.6 Å². The van der Waals surface area contributed by atoms with E-state index in [1.165, 1.54) is 0 Å². The number of hydrogen-bond acceptors (Lipinski definition) is 4. The molecule has 4 nitrogen and oxygen atoms in total. The Morgan fingerprint density at radius 2 is 0.950 bits per heavy atom. The molecule has 4 heteroatoms. The van der Waals surface area contributed by atoms with E-state index in [1.54, 1.807) is 14.2 Å². The van der Waals surface area contributed by atoms with Crippen molar-refractivity contribution in [3.05, 3.63) is 48.5 Å². The molecule has 20 heavy (non-hydrogen) atoms. The molecule has 0 aliphatic carbocycles. The second-order valence-electron chi connectivity index (χ2n) is 4.15. The van der Waals surface area contributed by atoms with Crippen molar-refractivity contribution in [1.82, 2.24) is 0 Å². The number of benzene rings is 2. The van der Waals surface area contributed by atoms with Crippen molar-refractivity contribution in [2.45, 2.75) is 0 Å². The Labute approximate surface area is 118 Å². The Balaban J connectivity index is 2.03. The Hall–Kier alpha value is -2.04. The highest BCUT2D eigenvalue weighted by Gasteiger charge is 2.00. The molecule has 0 spiro atoms. The van der Waals surface area contributed by atoms with Crippen LogP contribution in [0.15, 0.2) is 48.5 Å². The van der Waals surface area contributed by atoms with Crippen molar-refractivity contribution in [3.8, 4) is 22.6 Å². The van der Waals surface area contributed by atoms with Gasteiger partial charge in [0.05, 0.1) is 0 Å². The number of methoxy groups -OCH3 is 2. The Morgan fingerprint density at radius 1 is 0.600 bits per heavy atom. The maximum absolute atomic E-state index is 5.35. The van der Waals surface area contributed by atoms with Gasteiger partial charge in [0.1, 0.15) is 11.5 Å². The molecular formula is C16H18O4. The van der Waals surface area contributed by atoms with Crippen LogP contribution < -0.4 is 9.47 Å². The summed E-state index contributed by atoms with van der Waals surface area (Å²) in [5, 5.41) is 0. The van der Waals surface area contributed by atoms with Crippen LogP contribution in [0, 0.1) is 0 Å². The molecule has 0 saturated heterocycles. The van der Waals surface area contributed by atoms with Gasteiger partial charge in [-0.3, -0.25) is 0 Å². The molecule has 106 valence electrons. The second-order valence-corrected chi connectivity index (χ2v) is 4.15. The summed E-state index contributed by atoms with van der Waals surface area (Å²) in [6.45, 7) is 0.510. The topological polar surface area (TPSA) is 36.9 Å². The van der Waals surface area contributed by atoms with Crippen LogP contribution in [0.5, 0.6) is 11.5 Å². The molecule has 0 radical (unpaired) electrons. The smallest absolute Gasteiger partial charge is 0.188 e. The fourth-order valence-corrected chi connectivity index (χ4v) is 1.74. The third-order valence-electron chi connectivity index (χ3n) is 2.73. The SMILES string of the molecule is COCOc1ccc(-c2ccc(OCOC)cc2)cc1. The Bertz CT molecular complexity index is 456. The average Bonchev–Trinajstić information content (AvgIpc) is 2.52. The van der Waals surface area contributed by atoms with Crippen molar-refractivity contribution in [3.63, 3.8) is 0 Å². The lowest BCUT2D eigenvalue weighted by atomic mass is 10.1. The highest BCUT2D eigenvalue weighted by Crippen LogP contribution is 2.24. The van der Waals surface area contributed by atoms with Crippen molar-refractivity contribution in [1.29, 1.82) is 0 Å². The predicted octanol–water partition coefficient (Wildman–Crippen LogP) is 3.32. The summed E-state index contributed by atoms with van der Waals surface area (Å²) in [6.07, 6.45) is 0. The van der Waals surface area contributed by atoms with E-state index in [0.29, 0.717) is 0 Å². The largest absolute Gasteiger partial charge is 0.468 e. The number of ether oxygens (including phenoxy) is 4. The summed E-state index contributed by atoms with van der Waals surface area (Å²) in [5.74, 6) is 1.58. The highest BCUT2D eigenvalue weighted by atomic mass is 16.7. The summed E-state index contributed by atoms with van der Waals surface area (Å²) in [4.78, 5) is 0. The first kappa shape index (κ1) is 14.4. The van der Waals surface area contributed by atoms with Crippen LogP contribution in [-0.4, -0.2) is 27.8 Å². The lowest BCUT2D eigenvalue weighted by Gasteiger charge is -2.08. The second kappa shape index (κ2) is 7.53. The van der Waals surface area contributed by atoms with Crippen molar-refractivity contribution < 1.29 is 18.9 Å². The van der Waals surface area contributed by atoms with Crippen molar-refractivity contribution in [2.75, 3.05) is 27.8 Å². The molecular weight excluding hydrogens is 256 g/mol. The van der Waals surface area contributed by atoms with E-state index < -0.39 is 0 Å². The third kappa shape index (κ3) is 3.98. The molecule has 0 aliphatic heterocycles. The van der Waals surface area contributed by atoms with Gasteiger partial charge in [-0.2, -0.15) is 0 Å². The molecule has 0 saturated carbocycles. The van der Waals surface area contributed by atoms with Crippen LogP contribution in [0.25, 0.3) is 11.1 Å². The highest BCUT2D eigenvalue weighted by molar-refractivity contribution is 5.64. The number of hydrogen-bond donors (Lipinski definition) is 0. The van der Waals surface area contributed by atoms with E-state index in [2.05, 4.69) is 0 Å². The summed E-state index contributed by atoms with van der Waals surface area (Å²) < 4.78 is 20.4. The van der Waals surface area contributed by atoms with Crippen LogP contribution in [0.2, 0.25) is 0 Å². The van der Waals surface area contributed by atoms with Gasteiger partial charge in [-0.05, 0) is 35.4 Å². The molecule has 0 amide bonds. The van der Waals surface area contributed by atoms with Gasteiger partial charge in [-0.1, -0.05) is 24.3 Å². The molecule has 0 aliphatic rings. The monoisotopic (exact) mass is 274 g/mol. The molecule has 0 heterocycles. The first-order valence-electron chi connectivity index (χ1n) is 6.27. The van der Waals surface area contributed by atoms with Crippen LogP contribution >= 0.6 is 0 Å². The zero-order valence-corrected chi connectivity index (χ0v) is 11.7. The van der Waals surface area contributed by atoms with Gasteiger partial charge >= 0.3 is 0 Å². The van der Waals surface area contributed by atoms with E-state index in [1.807, 2.05) is 48.5 Å². The van der Waals surface area contributed by atoms with Gasteiger partial charge in [0.2, 0.25) is 0 Å². The molecule has 2 aromatic rings. The van der Waals surface area contributed by atoms with Crippen molar-refractivity contribution >= 4 is 0 Å². The number of rotatable bonds is 7. The van der Waals surface area contributed by atoms with E-state index in [0.717, 1.165) is 22.6 Å². The standard InChI is InChI=1S/C16H18O4/c1-17-11-19-15-7-3-13(4-8-15)14-5-9-16(10-6-14)20-12-18-2/h3-10H,11-12H2,1-2H3. The summed E-state index contributed by atoms with van der Waals surface area (Å²) in [7, 11) is 3.20. The molecule has 2 aromatic carbocycles. The normalized spacial score (nSPS) is 10.3. The summed E-state index contributed by atoms with van der Waals surface area (Å²) >= 11 is 0. The maximum atomic E-state index is 5.35. The van der Waals surface area contributed by atoms with Gasteiger partial charge < -0.3 is 18.9 Å². The molecule has 0 aromatic heterocycles. The Kier molecular flexibility index (Phi) is 5.41. The van der Waals surface area contributed by atoms with Gasteiger partial charge in [0, 0.05) is 14.2 Å². The molecule has 0 atom stereocenters. The van der Waals surface area contributed by atoms with E-state index in [9.17, 15) is 0 Å². The van der Waals surface area contributed by atoms with Crippen LogP contribution in [0.3, 0.4) is 0 Å². The average molecular weight is 274 g/mol. The molecule has 0 bridgehead atoms. The van der Waals surface area contributed by atoms with Crippen LogP contribution in [-0.2, 0) is 9.47 Å². The fourth-order valence-electron chi connectivity index (χ4n) is 1.74. The summed E-state index contributed by atoms with van der Waals surface area (Å²) in [5.41, 5.74) is 2.24. The lowest BCUT2D eigenvalue weighted by molar-refractivity contribution is 0.0509. The molecule has 0 N–H and O–H groups in total. The predicted molar refractivity (Wildman–Crippen MR) is 76.9 cm³/mol. The van der Waals surface area contributed by atoms with E-state index >= 15 is 0 Å². The van der Waals surface area contributed by atoms with E-state index in [-0.39, 0.29) is 13.6 Å². The van der Waals surface area contributed by atoms with Gasteiger partial charge in [-0.15, -0.1) is 0 Å². The minimum atomic E-state index is 0.255. The fraction of sp³-hybridized carbons (Fsp3) is 0.250. The van der Waals surface area contributed by atoms with Gasteiger partial charge in [-0.25, -0.2) is 0 Å². The lowest BCUT2D eigenvalue weighted by Crippen LogP contribution is -1.98. The minimum absolute atomic E-state index is 0.255. The minimum Gasteiger partial charge on any atom is -0.468 e. The van der Waals surface area contributed by atoms with Gasteiger partial charge in [0.25, 0.3) is 0 Å². The summed E-state index contributed by atoms with van der Waals surface area (Å²) in [6, 6.07) is 15.7. The van der Waals surface area contributed by atoms with Crippen LogP contribution in [0.4, 0.5) is 0 Å². The van der Waals surface area contributed by atoms with E-state index in [4.69, 9.17) is 18.9 Å². The zero-order chi connectivity index (χ0) is 14.2. The van der Waals surface area contributed by atoms with Crippen LogP contribution in [0.1, 0.15) is 0 Å². The van der Waals surface area contributed by atoms with Crippen molar-refractivity contribution in [2.24, 2.45) is 0 Å². The first-order valence-corrected chi connectivity index (χ1v) is 6.27. The molecule has 2 rings (SSSR count). The quantitative estimate of drug-likeness (QED) is 0.726.